The molecule has 0 aliphatic carbocycles. The van der Waals surface area contributed by atoms with Crippen molar-refractivity contribution in [2.75, 3.05) is 6.61 Å². The van der Waals surface area contributed by atoms with Crippen molar-refractivity contribution in [3.8, 4) is 5.75 Å². The number of fused-ring (bicyclic) bond motifs is 1. The van der Waals surface area contributed by atoms with Gasteiger partial charge in [-0.05, 0) is 35.7 Å². The molecule has 0 fully saturated rings. The molecule has 0 aliphatic rings. The van der Waals surface area contributed by atoms with Gasteiger partial charge in [-0.1, -0.05) is 48.0 Å². The van der Waals surface area contributed by atoms with Crippen molar-refractivity contribution in [1.82, 2.24) is 10.3 Å². The van der Waals surface area contributed by atoms with Gasteiger partial charge in [0.05, 0.1) is 4.90 Å². The Kier molecular flexibility index (Phi) is 5.41. The molecule has 6 nitrogen and oxygen atoms in total. The van der Waals surface area contributed by atoms with E-state index in [0.717, 1.165) is 10.8 Å². The zero-order chi connectivity index (χ0) is 18.6. The van der Waals surface area contributed by atoms with Crippen molar-refractivity contribution in [2.45, 2.75) is 4.90 Å². The van der Waals surface area contributed by atoms with E-state index in [1.54, 1.807) is 6.07 Å². The largest absolute Gasteiger partial charge is 0.483 e. The maximum atomic E-state index is 12.1. The van der Waals surface area contributed by atoms with Gasteiger partial charge in [-0.3, -0.25) is 10.2 Å². The summed E-state index contributed by atoms with van der Waals surface area (Å²) < 4.78 is 29.7. The van der Waals surface area contributed by atoms with Crippen molar-refractivity contribution in [3.05, 3.63) is 71.8 Å². The lowest BCUT2D eigenvalue weighted by atomic mass is 10.1. The average Bonchev–Trinajstić information content (AvgIpc) is 2.65. The number of halogens is 1. The molecule has 8 heteroatoms. The Morgan fingerprint density at radius 1 is 0.962 bits per heavy atom. The standard InChI is InChI=1S/C18H15ClN2O4S/c19-14-8-10-15(11-9-14)26(23,24)21-20-18(22)12-25-17-7-3-5-13-4-1-2-6-16(13)17/h1-11,21H,12H2,(H,20,22). The lowest BCUT2D eigenvalue weighted by molar-refractivity contribution is -0.123. The number of carbonyl (C=O) groups is 1. The molecule has 0 saturated carbocycles. The molecule has 0 unspecified atom stereocenters. The molecule has 0 atom stereocenters. The number of nitrogens with one attached hydrogen (secondary N) is 2. The summed E-state index contributed by atoms with van der Waals surface area (Å²) in [7, 11) is -3.89. The molecule has 0 heterocycles. The molecule has 0 aliphatic heterocycles. The highest BCUT2D eigenvalue weighted by Gasteiger charge is 2.15. The Morgan fingerprint density at radius 2 is 1.65 bits per heavy atom. The fraction of sp³-hybridized carbons (Fsp3) is 0.0556. The summed E-state index contributed by atoms with van der Waals surface area (Å²) >= 11 is 5.73. The quantitative estimate of drug-likeness (QED) is 0.634. The molecular weight excluding hydrogens is 376 g/mol. The van der Waals surface area contributed by atoms with Gasteiger partial charge >= 0.3 is 0 Å². The molecule has 3 aromatic rings. The Balaban J connectivity index is 1.60. The van der Waals surface area contributed by atoms with Crippen LogP contribution in [-0.4, -0.2) is 20.9 Å². The van der Waals surface area contributed by atoms with Crippen LogP contribution in [0.5, 0.6) is 5.75 Å². The zero-order valence-corrected chi connectivity index (χ0v) is 15.0. The first-order valence-electron chi connectivity index (χ1n) is 7.62. The van der Waals surface area contributed by atoms with E-state index in [1.165, 1.54) is 24.3 Å². The predicted molar refractivity (Wildman–Crippen MR) is 99.4 cm³/mol. The van der Waals surface area contributed by atoms with Crippen LogP contribution in [0.1, 0.15) is 0 Å². The third-order valence-corrected chi connectivity index (χ3v) is 5.07. The van der Waals surface area contributed by atoms with Gasteiger partial charge in [0.1, 0.15) is 5.75 Å². The average molecular weight is 391 g/mol. The molecule has 3 aromatic carbocycles. The van der Waals surface area contributed by atoms with Crippen LogP contribution in [0.2, 0.25) is 5.02 Å². The Labute approximate surface area is 155 Å². The third kappa shape index (κ3) is 4.32. The van der Waals surface area contributed by atoms with Crippen LogP contribution < -0.4 is 15.0 Å². The molecule has 26 heavy (non-hydrogen) atoms. The van der Waals surface area contributed by atoms with Crippen molar-refractivity contribution < 1.29 is 17.9 Å². The number of rotatable bonds is 6. The second-order valence-electron chi connectivity index (χ2n) is 5.37. The van der Waals surface area contributed by atoms with Gasteiger partial charge in [0, 0.05) is 10.4 Å². The number of ether oxygens (including phenoxy) is 1. The van der Waals surface area contributed by atoms with Gasteiger partial charge in [0.2, 0.25) is 0 Å². The van der Waals surface area contributed by atoms with Crippen LogP contribution in [0.25, 0.3) is 10.8 Å². The van der Waals surface area contributed by atoms with Gasteiger partial charge in [0.15, 0.2) is 6.61 Å². The van der Waals surface area contributed by atoms with Gasteiger partial charge in [-0.25, -0.2) is 8.42 Å². The second kappa shape index (κ2) is 7.74. The molecule has 2 N–H and O–H groups in total. The Hall–Kier alpha value is -2.61. The highest BCUT2D eigenvalue weighted by atomic mass is 35.5. The normalized spacial score (nSPS) is 11.3. The maximum absolute atomic E-state index is 12.1. The van der Waals surface area contributed by atoms with Crippen molar-refractivity contribution in [1.29, 1.82) is 0 Å². The molecular formula is C18H15ClN2O4S. The number of hydrazine groups is 1. The minimum atomic E-state index is -3.89. The van der Waals surface area contributed by atoms with Crippen LogP contribution in [0, 0.1) is 0 Å². The summed E-state index contributed by atoms with van der Waals surface area (Å²) in [4.78, 5) is 13.9. The molecule has 3 rings (SSSR count). The fourth-order valence-electron chi connectivity index (χ4n) is 2.30. The van der Waals surface area contributed by atoms with E-state index in [4.69, 9.17) is 16.3 Å². The molecule has 0 saturated heterocycles. The molecule has 1 amide bonds. The summed E-state index contributed by atoms with van der Waals surface area (Å²) in [5.74, 6) is -0.0886. The van der Waals surface area contributed by atoms with Gasteiger partial charge in [0.25, 0.3) is 15.9 Å². The molecule has 0 radical (unpaired) electrons. The van der Waals surface area contributed by atoms with Gasteiger partial charge in [-0.15, -0.1) is 4.83 Å². The number of hydrogen-bond donors (Lipinski definition) is 2. The SMILES string of the molecule is O=C(COc1cccc2ccccc12)NNS(=O)(=O)c1ccc(Cl)cc1. The predicted octanol–water partition coefficient (Wildman–Crippen LogP) is 2.88. The summed E-state index contributed by atoms with van der Waals surface area (Å²) in [5.41, 5.74) is 2.12. The van der Waals surface area contributed by atoms with Crippen LogP contribution >= 0.6 is 11.6 Å². The van der Waals surface area contributed by atoms with Crippen molar-refractivity contribution in [2.24, 2.45) is 0 Å². The first-order valence-corrected chi connectivity index (χ1v) is 9.48. The summed E-state index contributed by atoms with van der Waals surface area (Å²) in [6, 6.07) is 18.7. The first-order chi connectivity index (χ1) is 12.5. The van der Waals surface area contributed by atoms with E-state index in [1.807, 2.05) is 41.2 Å². The molecule has 134 valence electrons. The van der Waals surface area contributed by atoms with Crippen LogP contribution in [0.4, 0.5) is 0 Å². The minimum absolute atomic E-state index is 0.0165. The number of carbonyl (C=O) groups excluding carboxylic acids is 1. The second-order valence-corrected chi connectivity index (χ2v) is 7.49. The van der Waals surface area contributed by atoms with E-state index < -0.39 is 15.9 Å². The highest BCUT2D eigenvalue weighted by Crippen LogP contribution is 2.24. The molecule has 0 aromatic heterocycles. The zero-order valence-electron chi connectivity index (χ0n) is 13.5. The number of hydrogen-bond acceptors (Lipinski definition) is 4. The van der Waals surface area contributed by atoms with Crippen LogP contribution in [0.15, 0.2) is 71.6 Å². The highest BCUT2D eigenvalue weighted by molar-refractivity contribution is 7.89. The Bertz CT molecular complexity index is 1030. The lowest BCUT2D eigenvalue weighted by Gasteiger charge is -2.11. The van der Waals surface area contributed by atoms with E-state index in [0.29, 0.717) is 10.8 Å². The van der Waals surface area contributed by atoms with Crippen molar-refractivity contribution in [3.63, 3.8) is 0 Å². The topological polar surface area (TPSA) is 84.5 Å². The van der Waals surface area contributed by atoms with Gasteiger partial charge in [-0.2, -0.15) is 0 Å². The Morgan fingerprint density at radius 3 is 2.42 bits per heavy atom. The van der Waals surface area contributed by atoms with Crippen molar-refractivity contribution >= 4 is 38.3 Å². The summed E-state index contributed by atoms with van der Waals surface area (Å²) in [6.45, 7) is -0.336. The number of benzene rings is 3. The van der Waals surface area contributed by atoms with E-state index in [-0.39, 0.29) is 11.5 Å². The number of sulfonamides is 1. The van der Waals surface area contributed by atoms with Gasteiger partial charge < -0.3 is 4.74 Å². The third-order valence-electron chi connectivity index (χ3n) is 3.56. The van der Waals surface area contributed by atoms with Crippen LogP contribution in [0.3, 0.4) is 0 Å². The van der Waals surface area contributed by atoms with E-state index in [9.17, 15) is 13.2 Å². The first kappa shape index (κ1) is 18.2. The van der Waals surface area contributed by atoms with Crippen LogP contribution in [-0.2, 0) is 14.8 Å². The fourth-order valence-corrected chi connectivity index (χ4v) is 3.28. The monoisotopic (exact) mass is 390 g/mol. The smallest absolute Gasteiger partial charge is 0.272 e. The lowest BCUT2D eigenvalue weighted by Crippen LogP contribution is -2.43. The maximum Gasteiger partial charge on any atom is 0.272 e. The molecule has 0 bridgehead atoms. The number of amides is 1. The summed E-state index contributed by atoms with van der Waals surface area (Å²) in [6.07, 6.45) is 0. The molecule has 0 spiro atoms. The van der Waals surface area contributed by atoms with E-state index in [2.05, 4.69) is 5.43 Å². The van der Waals surface area contributed by atoms with E-state index >= 15 is 0 Å². The summed E-state index contributed by atoms with van der Waals surface area (Å²) in [5, 5.41) is 2.26. The minimum Gasteiger partial charge on any atom is -0.483 e.